The Morgan fingerprint density at radius 3 is 2.80 bits per heavy atom. The van der Waals surface area contributed by atoms with E-state index in [9.17, 15) is 4.39 Å². The van der Waals surface area contributed by atoms with E-state index in [1.807, 2.05) is 6.92 Å². The van der Waals surface area contributed by atoms with Crippen LogP contribution >= 0.6 is 24.0 Å². The molecule has 0 saturated carbocycles. The van der Waals surface area contributed by atoms with Gasteiger partial charge in [0, 0.05) is 37.7 Å². The molecule has 1 atom stereocenters. The van der Waals surface area contributed by atoms with Crippen molar-refractivity contribution in [1.82, 2.24) is 10.2 Å². The SMILES string of the molecule is CN=C(NCc1oc2ccc(F)cc2c1C)N1CCC(OCC2CCCO2)CC1.I. The highest BCUT2D eigenvalue weighted by Gasteiger charge is 2.24. The van der Waals surface area contributed by atoms with Gasteiger partial charge in [0.05, 0.1) is 25.4 Å². The highest BCUT2D eigenvalue weighted by Crippen LogP contribution is 2.26. The van der Waals surface area contributed by atoms with Crippen LogP contribution in [0.3, 0.4) is 0 Å². The first-order valence-electron chi connectivity index (χ1n) is 10.5. The Morgan fingerprint density at radius 1 is 1.30 bits per heavy atom. The van der Waals surface area contributed by atoms with Gasteiger partial charge in [-0.1, -0.05) is 0 Å². The smallest absolute Gasteiger partial charge is 0.194 e. The molecular formula is C22H31FIN3O3. The standard InChI is InChI=1S/C22H30FN3O3.HI/c1-15-19-12-16(23)5-6-20(19)29-21(15)13-25-22(24-2)26-9-7-17(8-10-26)28-14-18-4-3-11-27-18;/h5-6,12,17-18H,3-4,7-11,13-14H2,1-2H3,(H,24,25);1H. The topological polar surface area (TPSA) is 59.2 Å². The lowest BCUT2D eigenvalue weighted by Crippen LogP contribution is -2.47. The normalized spacial score (nSPS) is 20.6. The highest BCUT2D eigenvalue weighted by atomic mass is 127. The number of furan rings is 1. The Bertz CT molecular complexity index is 859. The van der Waals surface area contributed by atoms with Crippen molar-refractivity contribution in [1.29, 1.82) is 0 Å². The van der Waals surface area contributed by atoms with Crippen LogP contribution in [0, 0.1) is 12.7 Å². The van der Waals surface area contributed by atoms with Gasteiger partial charge in [0.1, 0.15) is 17.2 Å². The number of likely N-dealkylation sites (tertiary alicyclic amines) is 1. The minimum atomic E-state index is -0.249. The fourth-order valence-electron chi connectivity index (χ4n) is 4.16. The number of aliphatic imine (C=N–C) groups is 1. The number of nitrogens with one attached hydrogen (secondary N) is 1. The zero-order valence-electron chi connectivity index (χ0n) is 17.7. The first kappa shape index (κ1) is 23.3. The minimum absolute atomic E-state index is 0. The van der Waals surface area contributed by atoms with Gasteiger partial charge in [-0.2, -0.15) is 0 Å². The third-order valence-electron chi connectivity index (χ3n) is 5.90. The van der Waals surface area contributed by atoms with Crippen LogP contribution in [0.4, 0.5) is 4.39 Å². The lowest BCUT2D eigenvalue weighted by molar-refractivity contribution is -0.0367. The molecule has 0 aliphatic carbocycles. The number of nitrogens with zero attached hydrogens (tertiary/aromatic N) is 2. The van der Waals surface area contributed by atoms with Crippen LogP contribution in [0.2, 0.25) is 0 Å². The first-order chi connectivity index (χ1) is 14.1. The molecule has 2 aliphatic heterocycles. The van der Waals surface area contributed by atoms with Crippen LogP contribution in [0.15, 0.2) is 27.6 Å². The van der Waals surface area contributed by atoms with Crippen molar-refractivity contribution in [2.45, 2.75) is 51.4 Å². The predicted molar refractivity (Wildman–Crippen MR) is 126 cm³/mol. The van der Waals surface area contributed by atoms with E-state index in [1.165, 1.54) is 12.1 Å². The third-order valence-corrected chi connectivity index (χ3v) is 5.90. The van der Waals surface area contributed by atoms with Crippen molar-refractivity contribution >= 4 is 40.9 Å². The Hall–Kier alpha value is -1.39. The van der Waals surface area contributed by atoms with E-state index >= 15 is 0 Å². The van der Waals surface area contributed by atoms with Crippen molar-refractivity contribution < 1.29 is 18.3 Å². The van der Waals surface area contributed by atoms with Crippen LogP contribution in [-0.2, 0) is 16.0 Å². The van der Waals surface area contributed by atoms with Crippen LogP contribution in [0.1, 0.15) is 37.0 Å². The number of hydrogen-bond donors (Lipinski definition) is 1. The Labute approximate surface area is 194 Å². The molecule has 6 nitrogen and oxygen atoms in total. The van der Waals surface area contributed by atoms with Crippen LogP contribution in [-0.4, -0.2) is 56.4 Å². The van der Waals surface area contributed by atoms with E-state index in [0.29, 0.717) is 24.8 Å². The molecule has 0 bridgehead atoms. The zero-order chi connectivity index (χ0) is 20.2. The number of benzene rings is 1. The molecule has 2 fully saturated rings. The van der Waals surface area contributed by atoms with E-state index in [-0.39, 0.29) is 35.9 Å². The van der Waals surface area contributed by atoms with E-state index in [2.05, 4.69) is 15.2 Å². The van der Waals surface area contributed by atoms with Gasteiger partial charge in [-0.25, -0.2) is 4.39 Å². The molecule has 2 aromatic rings. The first-order valence-corrected chi connectivity index (χ1v) is 10.5. The third kappa shape index (κ3) is 5.45. The highest BCUT2D eigenvalue weighted by molar-refractivity contribution is 14.0. The Balaban J connectivity index is 0.00000256. The maximum Gasteiger partial charge on any atom is 0.194 e. The second kappa shape index (κ2) is 10.8. The molecule has 1 N–H and O–H groups in total. The summed E-state index contributed by atoms with van der Waals surface area (Å²) < 4.78 is 31.1. The largest absolute Gasteiger partial charge is 0.459 e. The summed E-state index contributed by atoms with van der Waals surface area (Å²) in [7, 11) is 1.79. The minimum Gasteiger partial charge on any atom is -0.459 e. The maximum atomic E-state index is 13.5. The fraction of sp³-hybridized carbons (Fsp3) is 0.591. The predicted octanol–water partition coefficient (Wildman–Crippen LogP) is 4.23. The van der Waals surface area contributed by atoms with Crippen molar-refractivity contribution in [3.8, 4) is 0 Å². The summed E-state index contributed by atoms with van der Waals surface area (Å²) in [6, 6.07) is 4.62. The summed E-state index contributed by atoms with van der Waals surface area (Å²) in [5, 5.41) is 4.21. The lowest BCUT2D eigenvalue weighted by Gasteiger charge is -2.34. The number of piperidine rings is 1. The second-order valence-electron chi connectivity index (χ2n) is 7.85. The quantitative estimate of drug-likeness (QED) is 0.356. The molecule has 1 aromatic carbocycles. The van der Waals surface area contributed by atoms with Gasteiger partial charge in [-0.05, 0) is 50.8 Å². The van der Waals surface area contributed by atoms with E-state index in [4.69, 9.17) is 13.9 Å². The molecule has 30 heavy (non-hydrogen) atoms. The number of hydrogen-bond acceptors (Lipinski definition) is 4. The van der Waals surface area contributed by atoms with Crippen molar-refractivity contribution in [2.24, 2.45) is 4.99 Å². The maximum absolute atomic E-state index is 13.5. The average molecular weight is 531 g/mol. The monoisotopic (exact) mass is 531 g/mol. The molecule has 1 aromatic heterocycles. The molecule has 0 spiro atoms. The summed E-state index contributed by atoms with van der Waals surface area (Å²) in [6.45, 7) is 5.87. The molecule has 1 unspecified atom stereocenters. The summed E-state index contributed by atoms with van der Waals surface area (Å²) in [4.78, 5) is 6.68. The fourth-order valence-corrected chi connectivity index (χ4v) is 4.16. The molecule has 3 heterocycles. The van der Waals surface area contributed by atoms with Crippen LogP contribution < -0.4 is 5.32 Å². The summed E-state index contributed by atoms with van der Waals surface area (Å²) in [5.41, 5.74) is 1.67. The number of rotatable bonds is 5. The molecule has 8 heteroatoms. The Morgan fingerprint density at radius 2 is 2.10 bits per heavy atom. The number of ether oxygens (including phenoxy) is 2. The van der Waals surface area contributed by atoms with E-state index in [1.54, 1.807) is 13.1 Å². The molecule has 2 saturated heterocycles. The number of guanidine groups is 1. The van der Waals surface area contributed by atoms with Gasteiger partial charge in [0.15, 0.2) is 5.96 Å². The van der Waals surface area contributed by atoms with Gasteiger partial charge in [0.2, 0.25) is 0 Å². The Kier molecular flexibility index (Phi) is 8.35. The van der Waals surface area contributed by atoms with Gasteiger partial charge in [-0.3, -0.25) is 4.99 Å². The molecule has 4 rings (SSSR count). The zero-order valence-corrected chi connectivity index (χ0v) is 20.0. The number of aryl methyl sites for hydroxylation is 1. The molecular weight excluding hydrogens is 500 g/mol. The van der Waals surface area contributed by atoms with E-state index < -0.39 is 0 Å². The molecule has 2 aliphatic rings. The number of halogens is 2. The molecule has 0 radical (unpaired) electrons. The summed E-state index contributed by atoms with van der Waals surface area (Å²) >= 11 is 0. The number of fused-ring (bicyclic) bond motifs is 1. The van der Waals surface area contributed by atoms with E-state index in [0.717, 1.165) is 68.0 Å². The van der Waals surface area contributed by atoms with Crippen molar-refractivity contribution in [3.63, 3.8) is 0 Å². The van der Waals surface area contributed by atoms with Crippen LogP contribution in [0.5, 0.6) is 0 Å². The molecule has 0 amide bonds. The summed E-state index contributed by atoms with van der Waals surface area (Å²) in [6.07, 6.45) is 4.80. The van der Waals surface area contributed by atoms with Crippen LogP contribution in [0.25, 0.3) is 11.0 Å². The van der Waals surface area contributed by atoms with Gasteiger partial charge in [0.25, 0.3) is 0 Å². The molecule has 166 valence electrons. The van der Waals surface area contributed by atoms with Gasteiger partial charge >= 0.3 is 0 Å². The van der Waals surface area contributed by atoms with Crippen molar-refractivity contribution in [2.75, 3.05) is 33.4 Å². The van der Waals surface area contributed by atoms with Gasteiger partial charge in [-0.15, -0.1) is 24.0 Å². The average Bonchev–Trinajstić information content (AvgIpc) is 3.36. The lowest BCUT2D eigenvalue weighted by atomic mass is 10.1. The summed E-state index contributed by atoms with van der Waals surface area (Å²) in [5.74, 6) is 1.41. The van der Waals surface area contributed by atoms with Crippen molar-refractivity contribution in [3.05, 3.63) is 35.3 Å². The van der Waals surface area contributed by atoms with Gasteiger partial charge < -0.3 is 24.1 Å². The second-order valence-corrected chi connectivity index (χ2v) is 7.85.